The third-order valence-corrected chi connectivity index (χ3v) is 2.09. The molecule has 7 heteroatoms. The number of benzene rings is 1. The summed E-state index contributed by atoms with van der Waals surface area (Å²) >= 11 is 0. The molecule has 18 heavy (non-hydrogen) atoms. The third kappa shape index (κ3) is 2.40. The number of carbonyl (C=O) groups excluding carboxylic acids is 1. The first-order chi connectivity index (χ1) is 8.58. The molecule has 92 valence electrons. The van der Waals surface area contributed by atoms with Crippen molar-refractivity contribution in [1.82, 2.24) is 9.97 Å². The second-order valence-electron chi connectivity index (χ2n) is 3.38. The van der Waals surface area contributed by atoms with Crippen molar-refractivity contribution in [3.8, 4) is 0 Å². The molecule has 0 aliphatic carbocycles. The van der Waals surface area contributed by atoms with Crippen LogP contribution in [0.25, 0.3) is 0 Å². The van der Waals surface area contributed by atoms with Crippen LogP contribution in [0.4, 0.5) is 20.3 Å². The quantitative estimate of drug-likeness (QED) is 0.848. The molecule has 0 aliphatic rings. The number of rotatable bonds is 2. The summed E-state index contributed by atoms with van der Waals surface area (Å²) in [5.41, 5.74) is 4.69. The van der Waals surface area contributed by atoms with Crippen LogP contribution in [0.3, 0.4) is 0 Å². The number of nitrogen functional groups attached to an aromatic ring is 1. The molecule has 1 heterocycles. The Morgan fingerprint density at radius 1 is 1.22 bits per heavy atom. The molecule has 5 nitrogen and oxygen atoms in total. The van der Waals surface area contributed by atoms with Gasteiger partial charge in [0.25, 0.3) is 5.91 Å². The highest BCUT2D eigenvalue weighted by Crippen LogP contribution is 2.18. The highest BCUT2D eigenvalue weighted by Gasteiger charge is 2.14. The number of nitrogens with one attached hydrogen (secondary N) is 1. The van der Waals surface area contributed by atoms with Crippen LogP contribution >= 0.6 is 0 Å². The van der Waals surface area contributed by atoms with Gasteiger partial charge >= 0.3 is 0 Å². The second-order valence-corrected chi connectivity index (χ2v) is 3.38. The molecule has 2 rings (SSSR count). The molecule has 0 fully saturated rings. The van der Waals surface area contributed by atoms with Crippen LogP contribution in [0, 0.1) is 11.6 Å². The summed E-state index contributed by atoms with van der Waals surface area (Å²) in [6.45, 7) is 0. The van der Waals surface area contributed by atoms with E-state index in [1.54, 1.807) is 0 Å². The Morgan fingerprint density at radius 2 is 1.89 bits per heavy atom. The minimum atomic E-state index is -0.875. The van der Waals surface area contributed by atoms with Crippen molar-refractivity contribution < 1.29 is 13.6 Å². The summed E-state index contributed by atoms with van der Waals surface area (Å²) in [4.78, 5) is 19.0. The van der Waals surface area contributed by atoms with Crippen molar-refractivity contribution in [2.45, 2.75) is 0 Å². The lowest BCUT2D eigenvalue weighted by Crippen LogP contribution is -2.16. The first-order valence-corrected chi connectivity index (χ1v) is 4.91. The van der Waals surface area contributed by atoms with Crippen LogP contribution in [0.1, 0.15) is 10.5 Å². The van der Waals surface area contributed by atoms with Crippen LogP contribution in [-0.2, 0) is 0 Å². The maximum Gasteiger partial charge on any atom is 0.276 e. The number of aromatic nitrogens is 2. The molecular formula is C11H8F2N4O. The standard InChI is InChI=1S/C11H8F2N4O/c12-6-2-1-3-7(13)10(6)17-11(18)8-4-15-5-9(14)16-8/h1-5H,(H2,14,16)(H,17,18). The Hall–Kier alpha value is -2.57. The largest absolute Gasteiger partial charge is 0.382 e. The monoisotopic (exact) mass is 250 g/mol. The molecule has 1 aromatic carbocycles. The molecule has 2 aromatic rings. The summed E-state index contributed by atoms with van der Waals surface area (Å²) in [5, 5.41) is 2.08. The van der Waals surface area contributed by atoms with Crippen molar-refractivity contribution in [3.63, 3.8) is 0 Å². The van der Waals surface area contributed by atoms with Gasteiger partial charge in [0.05, 0.1) is 12.4 Å². The van der Waals surface area contributed by atoms with E-state index in [9.17, 15) is 13.6 Å². The minimum Gasteiger partial charge on any atom is -0.382 e. The van der Waals surface area contributed by atoms with E-state index < -0.39 is 23.2 Å². The predicted octanol–water partition coefficient (Wildman–Crippen LogP) is 1.59. The molecule has 3 N–H and O–H groups in total. The summed E-state index contributed by atoms with van der Waals surface area (Å²) in [6.07, 6.45) is 2.39. The fourth-order valence-electron chi connectivity index (χ4n) is 1.29. The number of hydrogen-bond acceptors (Lipinski definition) is 4. The lowest BCUT2D eigenvalue weighted by molar-refractivity contribution is 0.102. The van der Waals surface area contributed by atoms with E-state index in [4.69, 9.17) is 5.73 Å². The first-order valence-electron chi connectivity index (χ1n) is 4.91. The maximum absolute atomic E-state index is 13.3. The summed E-state index contributed by atoms with van der Waals surface area (Å²) in [7, 11) is 0. The summed E-state index contributed by atoms with van der Waals surface area (Å²) in [5.74, 6) is -2.50. The molecular weight excluding hydrogens is 242 g/mol. The molecule has 1 aromatic heterocycles. The zero-order valence-corrected chi connectivity index (χ0v) is 9.02. The van der Waals surface area contributed by atoms with Gasteiger partial charge in [-0.25, -0.2) is 13.8 Å². The van der Waals surface area contributed by atoms with Gasteiger partial charge < -0.3 is 11.1 Å². The molecule has 0 saturated carbocycles. The van der Waals surface area contributed by atoms with E-state index in [1.165, 1.54) is 12.3 Å². The highest BCUT2D eigenvalue weighted by atomic mass is 19.1. The van der Waals surface area contributed by atoms with Gasteiger partial charge in [-0.1, -0.05) is 6.07 Å². The highest BCUT2D eigenvalue weighted by molar-refractivity contribution is 6.02. The molecule has 0 unspecified atom stereocenters. The van der Waals surface area contributed by atoms with Crippen molar-refractivity contribution >= 4 is 17.4 Å². The SMILES string of the molecule is Nc1cncc(C(=O)Nc2c(F)cccc2F)n1. The molecule has 0 saturated heterocycles. The molecule has 0 radical (unpaired) electrons. The van der Waals surface area contributed by atoms with Gasteiger partial charge in [0.15, 0.2) is 0 Å². The van der Waals surface area contributed by atoms with E-state index in [-0.39, 0.29) is 11.5 Å². The van der Waals surface area contributed by atoms with Crippen LogP contribution in [-0.4, -0.2) is 15.9 Å². The summed E-state index contributed by atoms with van der Waals surface area (Å²) in [6, 6.07) is 3.26. The van der Waals surface area contributed by atoms with Crippen molar-refractivity contribution in [2.24, 2.45) is 0 Å². The lowest BCUT2D eigenvalue weighted by Gasteiger charge is -2.06. The minimum absolute atomic E-state index is 0.0386. The second kappa shape index (κ2) is 4.74. The lowest BCUT2D eigenvalue weighted by atomic mass is 10.3. The average molecular weight is 250 g/mol. The zero-order chi connectivity index (χ0) is 13.1. The third-order valence-electron chi connectivity index (χ3n) is 2.09. The molecule has 1 amide bonds. The number of para-hydroxylation sites is 1. The fourth-order valence-corrected chi connectivity index (χ4v) is 1.29. The normalized spacial score (nSPS) is 10.1. The zero-order valence-electron chi connectivity index (χ0n) is 9.02. The van der Waals surface area contributed by atoms with Gasteiger partial charge in [-0.2, -0.15) is 0 Å². The van der Waals surface area contributed by atoms with E-state index in [0.717, 1.165) is 18.3 Å². The van der Waals surface area contributed by atoms with Crippen LogP contribution in [0.5, 0.6) is 0 Å². The fraction of sp³-hybridized carbons (Fsp3) is 0. The van der Waals surface area contributed by atoms with Crippen molar-refractivity contribution in [3.05, 3.63) is 47.9 Å². The first kappa shape index (κ1) is 11.9. The number of halogens is 2. The van der Waals surface area contributed by atoms with E-state index >= 15 is 0 Å². The summed E-state index contributed by atoms with van der Waals surface area (Å²) < 4.78 is 26.6. The van der Waals surface area contributed by atoms with Gasteiger partial charge in [-0.15, -0.1) is 0 Å². The van der Waals surface area contributed by atoms with E-state index in [0.29, 0.717) is 0 Å². The van der Waals surface area contributed by atoms with Gasteiger partial charge in [0, 0.05) is 0 Å². The molecule has 0 spiro atoms. The topological polar surface area (TPSA) is 80.9 Å². The van der Waals surface area contributed by atoms with E-state index in [1.807, 2.05) is 0 Å². The number of carbonyl (C=O) groups is 1. The predicted molar refractivity (Wildman–Crippen MR) is 60.8 cm³/mol. The maximum atomic E-state index is 13.3. The Kier molecular flexibility index (Phi) is 3.13. The number of nitrogens with two attached hydrogens (primary N) is 1. The Labute approximate surface area is 101 Å². The van der Waals surface area contributed by atoms with Crippen molar-refractivity contribution in [2.75, 3.05) is 11.1 Å². The smallest absolute Gasteiger partial charge is 0.276 e. The van der Waals surface area contributed by atoms with Gasteiger partial charge in [0.2, 0.25) is 0 Å². The Balaban J connectivity index is 2.27. The van der Waals surface area contributed by atoms with E-state index in [2.05, 4.69) is 15.3 Å². The Bertz CT molecular complexity index is 583. The number of hydrogen-bond donors (Lipinski definition) is 2. The molecule has 0 bridgehead atoms. The van der Waals surface area contributed by atoms with Crippen molar-refractivity contribution in [1.29, 1.82) is 0 Å². The molecule has 0 atom stereocenters. The van der Waals surface area contributed by atoms with Crippen LogP contribution in [0.2, 0.25) is 0 Å². The van der Waals surface area contributed by atoms with Gasteiger partial charge in [-0.3, -0.25) is 9.78 Å². The van der Waals surface area contributed by atoms with Crippen LogP contribution < -0.4 is 11.1 Å². The number of amides is 1. The Morgan fingerprint density at radius 3 is 2.50 bits per heavy atom. The number of nitrogens with zero attached hydrogens (tertiary/aromatic N) is 2. The van der Waals surface area contributed by atoms with Crippen LogP contribution in [0.15, 0.2) is 30.6 Å². The van der Waals surface area contributed by atoms with Gasteiger partial charge in [-0.05, 0) is 12.1 Å². The number of anilines is 2. The van der Waals surface area contributed by atoms with Gasteiger partial charge in [0.1, 0.15) is 28.8 Å². The molecule has 0 aliphatic heterocycles. The average Bonchev–Trinajstić information content (AvgIpc) is 2.34.